The summed E-state index contributed by atoms with van der Waals surface area (Å²) in [6, 6.07) is 4.40. The number of hydrogen-bond donors (Lipinski definition) is 4. The molecule has 14 nitrogen and oxygen atoms in total. The minimum Gasteiger partial charge on any atom is -0.405 e. The lowest BCUT2D eigenvalue weighted by Gasteiger charge is -2.18. The lowest BCUT2D eigenvalue weighted by molar-refractivity contribution is -0.274. The van der Waals surface area contributed by atoms with Gasteiger partial charge in [-0.05, 0) is 12.1 Å². The molecule has 0 bridgehead atoms. The van der Waals surface area contributed by atoms with Gasteiger partial charge in [-0.2, -0.15) is 0 Å². The Kier molecular flexibility index (Phi) is 6.82. The summed E-state index contributed by atoms with van der Waals surface area (Å²) in [5, 5.41) is 23.8. The maximum atomic E-state index is 13.1. The van der Waals surface area contributed by atoms with E-state index in [4.69, 9.17) is 19.0 Å². The number of phosphoric ester groups is 1. The van der Waals surface area contributed by atoms with Crippen molar-refractivity contribution in [2.45, 2.75) is 37.4 Å². The Morgan fingerprint density at radius 2 is 1.86 bits per heavy atom. The molecular weight excluding hydrogens is 522 g/mol. The van der Waals surface area contributed by atoms with Crippen LogP contribution in [0.3, 0.4) is 0 Å². The number of hydrogen-bond acceptors (Lipinski definition) is 10. The average molecular weight is 539 g/mol. The SMILES string of the molecule is O=c1ccn([C@@H]2O[C@H](COP(=O)(O)O)[C@H](O)C2O)c(=O)n1Cc1noc2cccc(OC(F)(F)F)c12. The van der Waals surface area contributed by atoms with E-state index in [0.29, 0.717) is 9.13 Å². The highest BCUT2D eigenvalue weighted by Crippen LogP contribution is 2.38. The fourth-order valence-corrected chi connectivity index (χ4v) is 3.97. The van der Waals surface area contributed by atoms with E-state index in [9.17, 15) is 37.5 Å². The van der Waals surface area contributed by atoms with Gasteiger partial charge in [0.1, 0.15) is 29.8 Å². The van der Waals surface area contributed by atoms with Gasteiger partial charge in [0.25, 0.3) is 5.56 Å². The summed E-state index contributed by atoms with van der Waals surface area (Å²) >= 11 is 0. The van der Waals surface area contributed by atoms with Gasteiger partial charge in [-0.3, -0.25) is 18.5 Å². The summed E-state index contributed by atoms with van der Waals surface area (Å²) in [4.78, 5) is 43.1. The van der Waals surface area contributed by atoms with Crippen LogP contribution in [0.25, 0.3) is 11.0 Å². The molecule has 1 aliphatic heterocycles. The third-order valence-corrected chi connectivity index (χ3v) is 5.66. The molecule has 0 spiro atoms. The third-order valence-electron chi connectivity index (χ3n) is 5.18. The van der Waals surface area contributed by atoms with Crippen LogP contribution in [0.15, 0.2) is 44.6 Å². The van der Waals surface area contributed by atoms with Crippen molar-refractivity contribution in [1.29, 1.82) is 0 Å². The number of rotatable bonds is 7. The van der Waals surface area contributed by atoms with Gasteiger partial charge < -0.3 is 34.0 Å². The highest BCUT2D eigenvalue weighted by molar-refractivity contribution is 7.46. The van der Waals surface area contributed by atoms with Crippen LogP contribution in [0.4, 0.5) is 13.2 Å². The fraction of sp³-hybridized carbons (Fsp3) is 0.389. The molecule has 1 saturated heterocycles. The first kappa shape index (κ1) is 26.0. The van der Waals surface area contributed by atoms with Crippen molar-refractivity contribution >= 4 is 18.8 Å². The summed E-state index contributed by atoms with van der Waals surface area (Å²) in [5.41, 5.74) is -2.36. The molecule has 1 unspecified atom stereocenters. The summed E-state index contributed by atoms with van der Waals surface area (Å²) < 4.78 is 69.2. The van der Waals surface area contributed by atoms with Crippen molar-refractivity contribution in [2.75, 3.05) is 6.61 Å². The van der Waals surface area contributed by atoms with Gasteiger partial charge in [0.2, 0.25) is 0 Å². The van der Waals surface area contributed by atoms with Gasteiger partial charge in [-0.25, -0.2) is 9.36 Å². The molecule has 3 heterocycles. The maximum absolute atomic E-state index is 13.1. The molecule has 18 heteroatoms. The topological polar surface area (TPSA) is 196 Å². The predicted octanol–water partition coefficient (Wildman–Crippen LogP) is -0.173. The van der Waals surface area contributed by atoms with Crippen molar-refractivity contribution in [2.24, 2.45) is 0 Å². The number of benzene rings is 1. The number of aliphatic hydroxyl groups excluding tert-OH is 2. The van der Waals surface area contributed by atoms with Crippen LogP contribution < -0.4 is 16.0 Å². The van der Waals surface area contributed by atoms with Gasteiger partial charge in [0, 0.05) is 12.3 Å². The molecule has 3 aromatic rings. The van der Waals surface area contributed by atoms with Crippen LogP contribution in [0.1, 0.15) is 11.9 Å². The van der Waals surface area contributed by atoms with Gasteiger partial charge in [-0.1, -0.05) is 11.2 Å². The molecule has 1 fully saturated rings. The lowest BCUT2D eigenvalue weighted by atomic mass is 10.1. The number of nitrogens with zero attached hydrogens (tertiary/aromatic N) is 3. The first-order valence-corrected chi connectivity index (χ1v) is 11.4. The summed E-state index contributed by atoms with van der Waals surface area (Å²) in [6.07, 6.45) is -10.7. The Bertz CT molecular complexity index is 1430. The zero-order valence-electron chi connectivity index (χ0n) is 17.7. The lowest BCUT2D eigenvalue weighted by Crippen LogP contribution is -2.43. The van der Waals surface area contributed by atoms with Crippen molar-refractivity contribution in [3.8, 4) is 5.75 Å². The van der Waals surface area contributed by atoms with Crippen LogP contribution in [0.2, 0.25) is 0 Å². The van der Waals surface area contributed by atoms with Gasteiger partial charge in [-0.15, -0.1) is 13.2 Å². The molecule has 36 heavy (non-hydrogen) atoms. The molecule has 4 N–H and O–H groups in total. The number of fused-ring (bicyclic) bond motifs is 1. The Balaban J connectivity index is 1.67. The highest BCUT2D eigenvalue weighted by atomic mass is 31.2. The largest absolute Gasteiger partial charge is 0.573 e. The van der Waals surface area contributed by atoms with Crippen molar-refractivity contribution < 1.29 is 56.3 Å². The summed E-state index contributed by atoms with van der Waals surface area (Å²) in [5.74, 6) is -0.675. The smallest absolute Gasteiger partial charge is 0.405 e. The molecular formula is C18H17F3N3O11P. The van der Waals surface area contributed by atoms with Crippen molar-refractivity contribution in [3.63, 3.8) is 0 Å². The molecule has 0 radical (unpaired) electrons. The van der Waals surface area contributed by atoms with Crippen molar-refractivity contribution in [3.05, 3.63) is 57.0 Å². The van der Waals surface area contributed by atoms with E-state index in [0.717, 1.165) is 18.3 Å². The number of ether oxygens (including phenoxy) is 2. The minimum atomic E-state index is -5.05. The normalized spacial score (nSPS) is 22.9. The number of phosphoric acid groups is 1. The molecule has 0 amide bonds. The zero-order chi connectivity index (χ0) is 26.4. The number of alkyl halides is 3. The molecule has 0 saturated carbocycles. The van der Waals surface area contributed by atoms with E-state index in [-0.39, 0.29) is 16.7 Å². The molecule has 4 rings (SSSR count). The number of aliphatic hydroxyl groups is 2. The molecule has 0 aliphatic carbocycles. The first-order valence-electron chi connectivity index (χ1n) is 9.92. The van der Waals surface area contributed by atoms with Crippen LogP contribution in [0.5, 0.6) is 5.75 Å². The van der Waals surface area contributed by atoms with Gasteiger partial charge in [0.15, 0.2) is 11.8 Å². The summed E-state index contributed by atoms with van der Waals surface area (Å²) in [6.45, 7) is -1.50. The fourth-order valence-electron chi connectivity index (χ4n) is 3.63. The molecule has 1 aliphatic rings. The van der Waals surface area contributed by atoms with E-state index in [2.05, 4.69) is 14.4 Å². The molecule has 2 aromatic heterocycles. The Morgan fingerprint density at radius 3 is 2.53 bits per heavy atom. The molecule has 1 aromatic carbocycles. The van der Waals surface area contributed by atoms with Gasteiger partial charge >= 0.3 is 19.9 Å². The second-order valence-electron chi connectivity index (χ2n) is 7.57. The predicted molar refractivity (Wildman–Crippen MR) is 109 cm³/mol. The molecule has 196 valence electrons. The maximum Gasteiger partial charge on any atom is 0.573 e. The van der Waals surface area contributed by atoms with E-state index in [1.165, 1.54) is 12.1 Å². The van der Waals surface area contributed by atoms with E-state index < -0.39 is 68.9 Å². The Morgan fingerprint density at radius 1 is 1.14 bits per heavy atom. The standard InChI is InChI=1S/C18H17F3N3O11P/c19-18(20,21)34-9-2-1-3-10-13(9)8(22-35-10)6-24-12(25)4-5-23(17(24)28)16-15(27)14(26)11(33-16)7-32-36(29,30)31/h1-5,11,14-16,26-27H,6-7H2,(H2,29,30,31)/t11-,14+,15?,16-/m1/s1. The quantitative estimate of drug-likeness (QED) is 0.290. The van der Waals surface area contributed by atoms with Crippen LogP contribution in [-0.2, 0) is 20.4 Å². The molecule has 4 atom stereocenters. The zero-order valence-corrected chi connectivity index (χ0v) is 18.6. The summed E-state index contributed by atoms with van der Waals surface area (Å²) in [7, 11) is -4.93. The Labute approximate surface area is 196 Å². The Hall–Kier alpha value is -3.05. The number of aromatic nitrogens is 3. The van der Waals surface area contributed by atoms with Crippen LogP contribution in [0, 0.1) is 0 Å². The van der Waals surface area contributed by atoms with Crippen LogP contribution >= 0.6 is 7.82 Å². The monoisotopic (exact) mass is 539 g/mol. The van der Waals surface area contributed by atoms with Crippen molar-refractivity contribution in [1.82, 2.24) is 14.3 Å². The average Bonchev–Trinajstić information content (AvgIpc) is 3.30. The van der Waals surface area contributed by atoms with Crippen LogP contribution in [-0.4, -0.2) is 65.6 Å². The van der Waals surface area contributed by atoms with E-state index in [1.807, 2.05) is 0 Å². The van der Waals surface area contributed by atoms with Gasteiger partial charge in [0.05, 0.1) is 18.5 Å². The second kappa shape index (κ2) is 9.44. The minimum absolute atomic E-state index is 0.110. The third kappa shape index (κ3) is 5.36. The highest BCUT2D eigenvalue weighted by Gasteiger charge is 2.45. The van der Waals surface area contributed by atoms with E-state index >= 15 is 0 Å². The first-order chi connectivity index (χ1) is 16.7. The number of halogens is 3. The van der Waals surface area contributed by atoms with E-state index in [1.54, 1.807) is 0 Å². The second-order valence-corrected chi connectivity index (χ2v) is 8.81.